The van der Waals surface area contributed by atoms with Crippen LogP contribution in [0.15, 0.2) is 78.9 Å². The molecule has 0 saturated heterocycles. The number of thiophene rings is 1. The van der Waals surface area contributed by atoms with Gasteiger partial charge in [-0.15, -0.1) is 11.3 Å². The van der Waals surface area contributed by atoms with E-state index in [9.17, 15) is 4.79 Å². The molecule has 1 amide bonds. The first kappa shape index (κ1) is 23.0. The van der Waals surface area contributed by atoms with Gasteiger partial charge in [-0.1, -0.05) is 89.9 Å². The minimum absolute atomic E-state index is 0.489. The van der Waals surface area contributed by atoms with Crippen molar-refractivity contribution in [1.29, 1.82) is 0 Å². The molecular formula is C28H23Cl2NO2S. The van der Waals surface area contributed by atoms with E-state index in [-0.39, 0.29) is 0 Å². The van der Waals surface area contributed by atoms with Crippen LogP contribution < -0.4 is 5.32 Å². The van der Waals surface area contributed by atoms with Crippen LogP contribution in [-0.4, -0.2) is 6.09 Å². The van der Waals surface area contributed by atoms with Crippen molar-refractivity contribution < 1.29 is 9.53 Å². The summed E-state index contributed by atoms with van der Waals surface area (Å²) in [6.45, 7) is 1.79. The topological polar surface area (TPSA) is 38.3 Å². The van der Waals surface area contributed by atoms with Crippen LogP contribution in [0.1, 0.15) is 42.9 Å². The Morgan fingerprint density at radius 2 is 1.56 bits per heavy atom. The molecule has 1 atom stereocenters. The Bertz CT molecular complexity index is 1310. The summed E-state index contributed by atoms with van der Waals surface area (Å²) in [5.41, 5.74) is 6.12. The molecular weight excluding hydrogens is 485 g/mol. The first-order valence-electron chi connectivity index (χ1n) is 11.2. The summed E-state index contributed by atoms with van der Waals surface area (Å²) < 4.78 is 6.14. The van der Waals surface area contributed by atoms with Gasteiger partial charge in [0.1, 0.15) is 6.10 Å². The quantitative estimate of drug-likeness (QED) is 0.282. The van der Waals surface area contributed by atoms with Crippen molar-refractivity contribution in [3.8, 4) is 21.6 Å². The van der Waals surface area contributed by atoms with Crippen molar-refractivity contribution in [2.24, 2.45) is 0 Å². The summed E-state index contributed by atoms with van der Waals surface area (Å²) in [5, 5.41) is 3.40. The normalized spacial score (nSPS) is 14.0. The van der Waals surface area contributed by atoms with Gasteiger partial charge < -0.3 is 4.74 Å². The van der Waals surface area contributed by atoms with Crippen molar-refractivity contribution >= 4 is 46.3 Å². The standard InChI is InChI=1S/C28H23Cl2NO2S/c1-17(23-4-2-3-5-24(23)29)33-28(32)31-25-16-26(30)34-27(25)22-14-12-21(13-15-22)20-10-8-19(9-11-20)18-6-7-18/h2-5,8-18H,6-7H2,1H3,(H,31,32). The molecule has 1 saturated carbocycles. The molecule has 0 aliphatic heterocycles. The highest BCUT2D eigenvalue weighted by Gasteiger charge is 2.23. The van der Waals surface area contributed by atoms with Gasteiger partial charge in [-0.25, -0.2) is 4.79 Å². The second-order valence-corrected chi connectivity index (χ2v) is 10.6. The maximum atomic E-state index is 12.6. The first-order valence-corrected chi connectivity index (χ1v) is 12.8. The Hall–Kier alpha value is -2.79. The molecule has 4 aromatic rings. The zero-order valence-corrected chi connectivity index (χ0v) is 20.9. The predicted molar refractivity (Wildman–Crippen MR) is 142 cm³/mol. The number of benzene rings is 3. The number of hydrogen-bond donors (Lipinski definition) is 1. The van der Waals surface area contributed by atoms with Crippen molar-refractivity contribution in [2.45, 2.75) is 31.8 Å². The largest absolute Gasteiger partial charge is 0.441 e. The molecule has 5 rings (SSSR count). The molecule has 1 aliphatic rings. The van der Waals surface area contributed by atoms with E-state index in [2.05, 4.69) is 53.8 Å². The Labute approximate surface area is 213 Å². The van der Waals surface area contributed by atoms with Crippen LogP contribution in [0.3, 0.4) is 0 Å². The number of carbonyl (C=O) groups is 1. The highest BCUT2D eigenvalue weighted by Crippen LogP contribution is 2.42. The number of halogens is 2. The molecule has 34 heavy (non-hydrogen) atoms. The number of carbonyl (C=O) groups excluding carboxylic acids is 1. The molecule has 1 aromatic heterocycles. The first-order chi connectivity index (χ1) is 16.5. The maximum absolute atomic E-state index is 12.6. The van der Waals surface area contributed by atoms with Gasteiger partial charge in [-0.05, 0) is 60.1 Å². The van der Waals surface area contributed by atoms with E-state index in [1.54, 1.807) is 19.1 Å². The maximum Gasteiger partial charge on any atom is 0.412 e. The lowest BCUT2D eigenvalue weighted by Crippen LogP contribution is -2.16. The van der Waals surface area contributed by atoms with Gasteiger partial charge in [0.15, 0.2) is 0 Å². The summed E-state index contributed by atoms with van der Waals surface area (Å²) in [6, 6.07) is 26.2. The highest BCUT2D eigenvalue weighted by atomic mass is 35.5. The third kappa shape index (κ3) is 5.15. The lowest BCUT2D eigenvalue weighted by Gasteiger charge is -2.15. The van der Waals surface area contributed by atoms with Gasteiger partial charge in [-0.3, -0.25) is 5.32 Å². The van der Waals surface area contributed by atoms with Crippen molar-refractivity contribution in [1.82, 2.24) is 0 Å². The number of amides is 1. The Morgan fingerprint density at radius 1 is 0.941 bits per heavy atom. The minimum Gasteiger partial charge on any atom is -0.441 e. The van der Waals surface area contributed by atoms with E-state index in [1.165, 1.54) is 35.3 Å². The lowest BCUT2D eigenvalue weighted by atomic mass is 10.0. The Morgan fingerprint density at radius 3 is 2.21 bits per heavy atom. The van der Waals surface area contributed by atoms with Crippen molar-refractivity contribution in [2.75, 3.05) is 5.32 Å². The number of nitrogens with one attached hydrogen (secondary N) is 1. The molecule has 0 spiro atoms. The summed E-state index contributed by atoms with van der Waals surface area (Å²) in [7, 11) is 0. The smallest absolute Gasteiger partial charge is 0.412 e. The number of ether oxygens (including phenoxy) is 1. The second kappa shape index (κ2) is 9.83. The molecule has 1 N–H and O–H groups in total. The summed E-state index contributed by atoms with van der Waals surface area (Å²) in [5.74, 6) is 0.755. The van der Waals surface area contributed by atoms with Crippen molar-refractivity contribution in [3.05, 3.63) is 99.3 Å². The zero-order valence-electron chi connectivity index (χ0n) is 18.6. The lowest BCUT2D eigenvalue weighted by molar-refractivity contribution is 0.121. The fourth-order valence-corrected chi connectivity index (χ4v) is 5.49. The molecule has 6 heteroatoms. The molecule has 1 fully saturated rings. The van der Waals surface area contributed by atoms with Crippen LogP contribution in [0.4, 0.5) is 10.5 Å². The van der Waals surface area contributed by atoms with E-state index in [1.807, 2.05) is 18.2 Å². The molecule has 1 heterocycles. The van der Waals surface area contributed by atoms with Gasteiger partial charge >= 0.3 is 6.09 Å². The van der Waals surface area contributed by atoms with Crippen LogP contribution in [0, 0.1) is 0 Å². The predicted octanol–water partition coefficient (Wildman–Crippen LogP) is 9.58. The fourth-order valence-electron chi connectivity index (χ4n) is 4.01. The summed E-state index contributed by atoms with van der Waals surface area (Å²) in [4.78, 5) is 13.5. The van der Waals surface area contributed by atoms with Gasteiger partial charge in [-0.2, -0.15) is 0 Å². The number of anilines is 1. The van der Waals surface area contributed by atoms with Gasteiger partial charge in [0, 0.05) is 10.6 Å². The van der Waals surface area contributed by atoms with Crippen LogP contribution in [0.25, 0.3) is 21.6 Å². The fraction of sp³-hybridized carbons (Fsp3) is 0.179. The monoisotopic (exact) mass is 507 g/mol. The number of hydrogen-bond acceptors (Lipinski definition) is 3. The average molecular weight is 508 g/mol. The third-order valence-electron chi connectivity index (χ3n) is 6.01. The Balaban J connectivity index is 1.30. The van der Waals surface area contributed by atoms with E-state index < -0.39 is 12.2 Å². The molecule has 3 nitrogen and oxygen atoms in total. The average Bonchev–Trinajstić information content (AvgIpc) is 3.62. The number of rotatable bonds is 6. The van der Waals surface area contributed by atoms with Crippen molar-refractivity contribution in [3.63, 3.8) is 0 Å². The van der Waals surface area contributed by atoms with E-state index in [0.717, 1.165) is 27.5 Å². The molecule has 0 bridgehead atoms. The molecule has 0 radical (unpaired) electrons. The molecule has 1 unspecified atom stereocenters. The zero-order chi connectivity index (χ0) is 23.7. The Kier molecular flexibility index (Phi) is 6.64. The molecule has 1 aliphatic carbocycles. The molecule has 3 aromatic carbocycles. The third-order valence-corrected chi connectivity index (χ3v) is 7.66. The van der Waals surface area contributed by atoms with E-state index in [4.69, 9.17) is 27.9 Å². The summed E-state index contributed by atoms with van der Waals surface area (Å²) in [6.07, 6.45) is 1.56. The second-order valence-electron chi connectivity index (χ2n) is 8.46. The van der Waals surface area contributed by atoms with Gasteiger partial charge in [0.2, 0.25) is 0 Å². The highest BCUT2D eigenvalue weighted by molar-refractivity contribution is 7.20. The van der Waals surface area contributed by atoms with Crippen LogP contribution in [-0.2, 0) is 4.74 Å². The van der Waals surface area contributed by atoms with Crippen LogP contribution in [0.2, 0.25) is 9.36 Å². The van der Waals surface area contributed by atoms with Gasteiger partial charge in [0.25, 0.3) is 0 Å². The van der Waals surface area contributed by atoms with Crippen LogP contribution in [0.5, 0.6) is 0 Å². The SMILES string of the molecule is CC(OC(=O)Nc1cc(Cl)sc1-c1ccc(-c2ccc(C3CC3)cc2)cc1)c1ccccc1Cl. The molecule has 172 valence electrons. The van der Waals surface area contributed by atoms with Gasteiger partial charge in [0.05, 0.1) is 14.9 Å². The van der Waals surface area contributed by atoms with E-state index >= 15 is 0 Å². The summed E-state index contributed by atoms with van der Waals surface area (Å²) >= 11 is 13.9. The minimum atomic E-state index is -0.560. The van der Waals surface area contributed by atoms with Crippen LogP contribution >= 0.6 is 34.5 Å². The van der Waals surface area contributed by atoms with E-state index in [0.29, 0.717) is 15.0 Å².